The summed E-state index contributed by atoms with van der Waals surface area (Å²) >= 11 is 0. The molecule has 1 aliphatic rings. The van der Waals surface area contributed by atoms with E-state index in [1.54, 1.807) is 61.7 Å². The number of aliphatic hydroxyl groups is 1. The molecule has 1 amide bonds. The summed E-state index contributed by atoms with van der Waals surface area (Å²) < 4.78 is 50.0. The van der Waals surface area contributed by atoms with Gasteiger partial charge in [0.15, 0.2) is 33.0 Å². The Balaban J connectivity index is 1.53. The summed E-state index contributed by atoms with van der Waals surface area (Å²) in [6, 6.07) is 29.7. The van der Waals surface area contributed by atoms with Crippen LogP contribution in [0.5, 0.6) is 17.2 Å². The highest BCUT2D eigenvalue weighted by atomic mass is 32.2. The Kier molecular flexibility index (Phi) is 10.8. The minimum absolute atomic E-state index is 0.0275. The van der Waals surface area contributed by atoms with Crippen molar-refractivity contribution in [2.75, 3.05) is 33.2 Å². The van der Waals surface area contributed by atoms with Crippen molar-refractivity contribution in [3.8, 4) is 17.2 Å². The molecule has 11 heteroatoms. The third-order valence-corrected chi connectivity index (χ3v) is 9.62. The van der Waals surface area contributed by atoms with Crippen molar-refractivity contribution in [1.29, 1.82) is 0 Å². The van der Waals surface area contributed by atoms with Crippen molar-refractivity contribution in [3.05, 3.63) is 120 Å². The van der Waals surface area contributed by atoms with Gasteiger partial charge in [0.2, 0.25) is 5.90 Å². The quantitative estimate of drug-likeness (QED) is 0.173. The van der Waals surface area contributed by atoms with E-state index >= 15 is 0 Å². The van der Waals surface area contributed by atoms with Crippen LogP contribution in [0.4, 0.5) is 0 Å². The zero-order valence-electron chi connectivity index (χ0n) is 26.3. The number of nitrogens with one attached hydrogen (secondary N) is 1. The lowest BCUT2D eigenvalue weighted by atomic mass is 9.85. The van der Waals surface area contributed by atoms with E-state index in [2.05, 4.69) is 5.32 Å². The van der Waals surface area contributed by atoms with Gasteiger partial charge in [-0.3, -0.25) is 4.79 Å². The molecular weight excluding hydrogens is 620 g/mol. The highest BCUT2D eigenvalue weighted by Gasteiger charge is 2.53. The molecule has 0 saturated heterocycles. The fraction of sp³-hybridized carbons (Fsp3) is 0.278. The Bertz CT molecular complexity index is 1780. The molecule has 4 aromatic rings. The summed E-state index contributed by atoms with van der Waals surface area (Å²) in [7, 11) is -0.697. The van der Waals surface area contributed by atoms with Gasteiger partial charge in [0.05, 0.1) is 31.5 Å². The van der Waals surface area contributed by atoms with Gasteiger partial charge in [0.25, 0.3) is 5.91 Å². The van der Waals surface area contributed by atoms with Gasteiger partial charge in [0.1, 0.15) is 5.75 Å². The number of aliphatic imine (C=N–C) groups is 1. The number of carbonyl (C=O) groups is 1. The molecule has 0 bridgehead atoms. The summed E-state index contributed by atoms with van der Waals surface area (Å²) in [6.07, 6.45) is -0.563. The zero-order chi connectivity index (χ0) is 33.3. The van der Waals surface area contributed by atoms with Crippen molar-refractivity contribution in [2.45, 2.75) is 35.9 Å². The first-order valence-electron chi connectivity index (χ1n) is 15.2. The molecule has 0 aromatic heterocycles. The van der Waals surface area contributed by atoms with Crippen LogP contribution in [0.1, 0.15) is 35.6 Å². The van der Waals surface area contributed by atoms with Crippen molar-refractivity contribution in [1.82, 2.24) is 5.32 Å². The summed E-state index contributed by atoms with van der Waals surface area (Å²) in [5.74, 6) is 1.05. The third-order valence-electron chi connectivity index (χ3n) is 7.89. The Hall–Kier alpha value is -4.87. The summed E-state index contributed by atoms with van der Waals surface area (Å²) in [5.41, 5.74) is 0.388. The lowest BCUT2D eigenvalue weighted by molar-refractivity contribution is -0.129. The minimum Gasteiger partial charge on any atom is -0.494 e. The molecule has 0 saturated carbocycles. The molecule has 1 heterocycles. The molecular formula is C36H38N2O8S. The summed E-state index contributed by atoms with van der Waals surface area (Å²) in [6.45, 7) is 0.515. The fourth-order valence-electron chi connectivity index (χ4n) is 5.36. The molecule has 246 valence electrons. The van der Waals surface area contributed by atoms with Gasteiger partial charge in [-0.25, -0.2) is 13.4 Å². The number of hydrogen-bond donors (Lipinski definition) is 2. The first-order chi connectivity index (χ1) is 22.8. The number of benzene rings is 4. The van der Waals surface area contributed by atoms with Crippen molar-refractivity contribution >= 4 is 21.6 Å². The van der Waals surface area contributed by atoms with Crippen LogP contribution in [-0.4, -0.2) is 64.1 Å². The second-order valence-electron chi connectivity index (χ2n) is 11.0. The lowest BCUT2D eigenvalue weighted by Crippen LogP contribution is -2.49. The smallest absolute Gasteiger partial charge is 0.252 e. The molecule has 47 heavy (non-hydrogen) atoms. The fourth-order valence-corrected chi connectivity index (χ4v) is 6.75. The maximum absolute atomic E-state index is 14.4. The van der Waals surface area contributed by atoms with E-state index in [0.717, 1.165) is 5.56 Å². The topological polar surface area (TPSA) is 133 Å². The first-order valence-corrected chi connectivity index (χ1v) is 16.9. The second kappa shape index (κ2) is 15.1. The molecule has 0 aliphatic carbocycles. The van der Waals surface area contributed by atoms with Gasteiger partial charge in [-0.05, 0) is 59.7 Å². The van der Waals surface area contributed by atoms with Crippen molar-refractivity contribution in [3.63, 3.8) is 0 Å². The van der Waals surface area contributed by atoms with E-state index in [0.29, 0.717) is 41.4 Å². The Morgan fingerprint density at radius 2 is 1.60 bits per heavy atom. The van der Waals surface area contributed by atoms with Gasteiger partial charge in [-0.1, -0.05) is 54.6 Å². The third kappa shape index (κ3) is 7.75. The number of carbonyl (C=O) groups excluding carboxylic acids is 1. The number of sulfone groups is 1. The Morgan fingerprint density at radius 3 is 2.26 bits per heavy atom. The minimum atomic E-state index is -3.78. The van der Waals surface area contributed by atoms with Crippen LogP contribution in [-0.2, 0) is 25.9 Å². The molecule has 2 atom stereocenters. The Labute approximate surface area is 274 Å². The predicted octanol–water partition coefficient (Wildman–Crippen LogP) is 4.90. The van der Waals surface area contributed by atoms with Crippen molar-refractivity contribution in [2.24, 2.45) is 4.99 Å². The van der Waals surface area contributed by atoms with Crippen LogP contribution in [0, 0.1) is 0 Å². The maximum Gasteiger partial charge on any atom is 0.252 e. The molecule has 1 aliphatic heterocycles. The van der Waals surface area contributed by atoms with Gasteiger partial charge < -0.3 is 29.4 Å². The van der Waals surface area contributed by atoms with E-state index in [9.17, 15) is 13.2 Å². The average Bonchev–Trinajstić information content (AvgIpc) is 3.52. The molecule has 4 aromatic carbocycles. The standard InChI is InChI=1S/C36H38N2O8S/c1-43-31-19-14-26(24-32(31)44-2)25-37-35(40)36(20-23-47(41,42)30-12-7-4-8-13-30)33(27-10-5-3-6-11-27)46-34(38-36)28-15-17-29(18-16-28)45-22-9-21-39/h3-8,10-19,24,33,39H,9,20-23,25H2,1-2H3,(H,37,40)/t33-,36-/m1/s1. The molecule has 10 nitrogen and oxygen atoms in total. The SMILES string of the molecule is COc1ccc(CNC(=O)[C@]2(CCS(=O)(=O)c3ccccc3)N=C(c3ccc(OCCCO)cc3)O[C@@H]2c2ccccc2)cc1OC. The van der Waals surface area contributed by atoms with E-state index in [1.807, 2.05) is 36.4 Å². The maximum atomic E-state index is 14.4. The molecule has 0 radical (unpaired) electrons. The van der Waals surface area contributed by atoms with Gasteiger partial charge >= 0.3 is 0 Å². The average molecular weight is 659 g/mol. The van der Waals surface area contributed by atoms with Crippen LogP contribution in [0.2, 0.25) is 0 Å². The summed E-state index contributed by atoms with van der Waals surface area (Å²) in [5, 5.41) is 12.1. The second-order valence-corrected chi connectivity index (χ2v) is 13.1. The van der Waals surface area contributed by atoms with Crippen LogP contribution in [0.25, 0.3) is 0 Å². The van der Waals surface area contributed by atoms with Crippen LogP contribution in [0.15, 0.2) is 113 Å². The molecule has 0 unspecified atom stereocenters. The van der Waals surface area contributed by atoms with Crippen LogP contribution < -0.4 is 19.5 Å². The van der Waals surface area contributed by atoms with Gasteiger partial charge in [-0.2, -0.15) is 0 Å². The van der Waals surface area contributed by atoms with Crippen LogP contribution in [0.3, 0.4) is 0 Å². The number of methoxy groups -OCH3 is 2. The number of rotatable bonds is 15. The highest BCUT2D eigenvalue weighted by molar-refractivity contribution is 7.91. The lowest BCUT2D eigenvalue weighted by Gasteiger charge is -2.30. The van der Waals surface area contributed by atoms with Gasteiger partial charge in [-0.15, -0.1) is 0 Å². The van der Waals surface area contributed by atoms with Crippen LogP contribution >= 0.6 is 0 Å². The molecule has 0 spiro atoms. The van der Waals surface area contributed by atoms with Gasteiger partial charge in [0, 0.05) is 31.6 Å². The predicted molar refractivity (Wildman–Crippen MR) is 178 cm³/mol. The van der Waals surface area contributed by atoms with E-state index in [-0.39, 0.29) is 36.1 Å². The Morgan fingerprint density at radius 1 is 0.915 bits per heavy atom. The number of nitrogens with zero attached hydrogens (tertiary/aromatic N) is 1. The zero-order valence-corrected chi connectivity index (χ0v) is 27.1. The largest absolute Gasteiger partial charge is 0.494 e. The molecule has 2 N–H and O–H groups in total. The number of aliphatic hydroxyl groups excluding tert-OH is 1. The van der Waals surface area contributed by atoms with Crippen molar-refractivity contribution < 1.29 is 37.3 Å². The molecule has 5 rings (SSSR count). The first kappa shape index (κ1) is 33.5. The van der Waals surface area contributed by atoms with E-state index in [1.165, 1.54) is 19.2 Å². The number of hydrogen-bond acceptors (Lipinski definition) is 9. The normalized spacial score (nSPS) is 17.3. The monoisotopic (exact) mass is 658 g/mol. The van der Waals surface area contributed by atoms with E-state index in [4.69, 9.17) is 29.0 Å². The molecule has 0 fully saturated rings. The number of amides is 1. The number of ether oxygens (including phenoxy) is 4. The van der Waals surface area contributed by atoms with E-state index < -0.39 is 27.4 Å². The highest BCUT2D eigenvalue weighted by Crippen LogP contribution is 2.43. The summed E-state index contributed by atoms with van der Waals surface area (Å²) in [4.78, 5) is 19.5.